The molecule has 4 heterocycles. The highest BCUT2D eigenvalue weighted by molar-refractivity contribution is 7.09. The Morgan fingerprint density at radius 3 is 2.84 bits per heavy atom. The van der Waals surface area contributed by atoms with Crippen LogP contribution >= 0.6 is 11.5 Å². The molecule has 0 aliphatic carbocycles. The lowest BCUT2D eigenvalue weighted by molar-refractivity contribution is 0.0739. The van der Waals surface area contributed by atoms with Crippen molar-refractivity contribution in [1.82, 2.24) is 29.4 Å². The van der Waals surface area contributed by atoms with E-state index in [0.29, 0.717) is 24.8 Å². The number of rotatable bonds is 3. The van der Waals surface area contributed by atoms with Crippen molar-refractivity contribution in [2.45, 2.75) is 25.8 Å². The first-order valence-corrected chi connectivity index (χ1v) is 9.58. The Morgan fingerprint density at radius 2 is 2.16 bits per heavy atom. The van der Waals surface area contributed by atoms with E-state index < -0.39 is 0 Å². The minimum absolute atomic E-state index is 0.0237. The molecule has 0 radical (unpaired) electrons. The molecule has 0 saturated carbocycles. The summed E-state index contributed by atoms with van der Waals surface area (Å²) < 4.78 is 6.18. The van der Waals surface area contributed by atoms with Crippen molar-refractivity contribution >= 4 is 22.6 Å². The first-order valence-electron chi connectivity index (χ1n) is 8.81. The maximum Gasteiger partial charge on any atom is 0.274 e. The Labute approximate surface area is 151 Å². The number of hydrogen-bond donors (Lipinski definition) is 1. The van der Waals surface area contributed by atoms with Crippen LogP contribution in [0.3, 0.4) is 0 Å². The fourth-order valence-corrected chi connectivity index (χ4v) is 4.12. The molecule has 2 aromatic rings. The van der Waals surface area contributed by atoms with Gasteiger partial charge < -0.3 is 15.1 Å². The highest BCUT2D eigenvalue weighted by Gasteiger charge is 2.26. The third-order valence-corrected chi connectivity index (χ3v) is 5.69. The number of amides is 1. The first kappa shape index (κ1) is 16.5. The summed E-state index contributed by atoms with van der Waals surface area (Å²) in [6.07, 6.45) is 4.20. The number of hydrogen-bond acceptors (Lipinski definition) is 7. The molecule has 0 bridgehead atoms. The van der Waals surface area contributed by atoms with Crippen LogP contribution in [-0.4, -0.2) is 69.2 Å². The molecule has 1 amide bonds. The average Bonchev–Trinajstić information content (AvgIpc) is 3.31. The zero-order chi connectivity index (χ0) is 17.2. The van der Waals surface area contributed by atoms with Crippen LogP contribution < -0.4 is 10.2 Å². The summed E-state index contributed by atoms with van der Waals surface area (Å²) in [4.78, 5) is 21.2. The number of piperidine rings is 1. The summed E-state index contributed by atoms with van der Waals surface area (Å²) in [6.45, 7) is 6.85. The predicted octanol–water partition coefficient (Wildman–Crippen LogP) is 0.930. The van der Waals surface area contributed by atoms with Gasteiger partial charge in [0.1, 0.15) is 11.5 Å². The van der Waals surface area contributed by atoms with Crippen molar-refractivity contribution in [2.24, 2.45) is 0 Å². The Bertz CT molecular complexity index is 728. The van der Waals surface area contributed by atoms with E-state index in [2.05, 4.69) is 24.7 Å². The molecule has 2 aliphatic rings. The van der Waals surface area contributed by atoms with Crippen molar-refractivity contribution in [3.05, 3.63) is 23.8 Å². The zero-order valence-electron chi connectivity index (χ0n) is 14.4. The molecule has 0 spiro atoms. The van der Waals surface area contributed by atoms with Gasteiger partial charge in [-0.2, -0.15) is 9.47 Å². The second-order valence-electron chi connectivity index (χ2n) is 6.58. The topological polar surface area (TPSA) is 79.2 Å². The van der Waals surface area contributed by atoms with Gasteiger partial charge in [-0.25, -0.2) is 4.98 Å². The van der Waals surface area contributed by atoms with Crippen LogP contribution in [-0.2, 0) is 0 Å². The molecule has 9 heteroatoms. The van der Waals surface area contributed by atoms with E-state index >= 15 is 0 Å². The Kier molecular flexibility index (Phi) is 4.67. The zero-order valence-corrected chi connectivity index (χ0v) is 15.2. The van der Waals surface area contributed by atoms with E-state index in [4.69, 9.17) is 0 Å². The second kappa shape index (κ2) is 7.09. The third-order valence-electron chi connectivity index (χ3n) is 4.83. The Balaban J connectivity index is 1.36. The summed E-state index contributed by atoms with van der Waals surface area (Å²) in [6, 6.07) is 2.20. The molecule has 25 heavy (non-hydrogen) atoms. The number of aryl methyl sites for hydroxylation is 1. The molecule has 134 valence electrons. The monoisotopic (exact) mass is 361 g/mol. The lowest BCUT2D eigenvalue weighted by Crippen LogP contribution is -2.49. The largest absolute Gasteiger partial charge is 0.343 e. The van der Waals surface area contributed by atoms with Gasteiger partial charge in [-0.3, -0.25) is 9.48 Å². The maximum atomic E-state index is 12.7. The molecular formula is C16H23N7OS. The molecule has 2 aromatic heterocycles. The number of nitrogens with zero attached hydrogens (tertiary/aromatic N) is 6. The Hall–Kier alpha value is -2.00. The van der Waals surface area contributed by atoms with Crippen LogP contribution in [0.15, 0.2) is 12.3 Å². The molecule has 1 atom stereocenters. The first-order chi connectivity index (χ1) is 12.2. The summed E-state index contributed by atoms with van der Waals surface area (Å²) in [7, 11) is 0. The average molecular weight is 361 g/mol. The number of aromatic nitrogens is 4. The van der Waals surface area contributed by atoms with Crippen LogP contribution in [0.25, 0.3) is 0 Å². The van der Waals surface area contributed by atoms with Crippen LogP contribution in [0, 0.1) is 6.92 Å². The van der Waals surface area contributed by atoms with Gasteiger partial charge in [0.15, 0.2) is 0 Å². The van der Waals surface area contributed by atoms with Gasteiger partial charge in [0, 0.05) is 50.5 Å². The van der Waals surface area contributed by atoms with E-state index in [9.17, 15) is 4.79 Å². The standard InChI is InChI=1S/C16H23N7OS/c1-12-18-16(25-20-12)22-9-7-21(8-10-22)15(24)14-4-6-23(19-14)13-3-2-5-17-11-13/h4,6,13,17H,2-3,5,7-11H2,1H3. The van der Waals surface area contributed by atoms with Gasteiger partial charge in [-0.1, -0.05) is 0 Å². The molecule has 4 rings (SSSR count). The van der Waals surface area contributed by atoms with E-state index in [1.54, 1.807) is 0 Å². The molecule has 0 aromatic carbocycles. The number of nitrogens with one attached hydrogen (secondary N) is 1. The fraction of sp³-hybridized carbons (Fsp3) is 0.625. The number of piperazine rings is 1. The van der Waals surface area contributed by atoms with Gasteiger partial charge >= 0.3 is 0 Å². The summed E-state index contributed by atoms with van der Waals surface area (Å²) in [5, 5.41) is 8.87. The van der Waals surface area contributed by atoms with Gasteiger partial charge in [-0.05, 0) is 32.4 Å². The highest BCUT2D eigenvalue weighted by Crippen LogP contribution is 2.20. The van der Waals surface area contributed by atoms with Gasteiger partial charge in [0.05, 0.1) is 6.04 Å². The maximum absolute atomic E-state index is 12.7. The molecule has 1 unspecified atom stereocenters. The van der Waals surface area contributed by atoms with Crippen LogP contribution in [0.5, 0.6) is 0 Å². The van der Waals surface area contributed by atoms with Crippen LogP contribution in [0.2, 0.25) is 0 Å². The Morgan fingerprint density at radius 1 is 1.32 bits per heavy atom. The van der Waals surface area contributed by atoms with E-state index in [0.717, 1.165) is 50.0 Å². The summed E-state index contributed by atoms with van der Waals surface area (Å²) >= 11 is 1.42. The number of anilines is 1. The van der Waals surface area contributed by atoms with E-state index in [1.165, 1.54) is 11.5 Å². The van der Waals surface area contributed by atoms with Crippen molar-refractivity contribution in [3.8, 4) is 0 Å². The third kappa shape index (κ3) is 3.52. The smallest absolute Gasteiger partial charge is 0.274 e. The SMILES string of the molecule is Cc1nsc(N2CCN(C(=O)c3ccn(C4CCCNC4)n3)CC2)n1. The molecule has 2 aliphatic heterocycles. The van der Waals surface area contributed by atoms with Gasteiger partial charge in [0.25, 0.3) is 5.91 Å². The van der Waals surface area contributed by atoms with Crippen LogP contribution in [0.1, 0.15) is 35.2 Å². The van der Waals surface area contributed by atoms with Gasteiger partial charge in [0.2, 0.25) is 5.13 Å². The minimum Gasteiger partial charge on any atom is -0.343 e. The lowest BCUT2D eigenvalue weighted by atomic mass is 10.1. The quantitative estimate of drug-likeness (QED) is 0.876. The number of carbonyl (C=O) groups is 1. The van der Waals surface area contributed by atoms with E-state index in [-0.39, 0.29) is 5.91 Å². The molecule has 2 fully saturated rings. The predicted molar refractivity (Wildman–Crippen MR) is 96.1 cm³/mol. The van der Waals surface area contributed by atoms with E-state index in [1.807, 2.05) is 28.8 Å². The van der Waals surface area contributed by atoms with Crippen molar-refractivity contribution < 1.29 is 4.79 Å². The normalized spacial score (nSPS) is 21.6. The van der Waals surface area contributed by atoms with Crippen molar-refractivity contribution in [1.29, 1.82) is 0 Å². The molecule has 2 saturated heterocycles. The lowest BCUT2D eigenvalue weighted by Gasteiger charge is -2.34. The summed E-state index contributed by atoms with van der Waals surface area (Å²) in [5.74, 6) is 0.830. The molecule has 1 N–H and O–H groups in total. The number of carbonyl (C=O) groups excluding carboxylic acids is 1. The van der Waals surface area contributed by atoms with Gasteiger partial charge in [-0.15, -0.1) is 0 Å². The minimum atomic E-state index is 0.0237. The molecule has 8 nitrogen and oxygen atoms in total. The van der Waals surface area contributed by atoms with Crippen LogP contribution in [0.4, 0.5) is 5.13 Å². The molecular weight excluding hydrogens is 338 g/mol. The van der Waals surface area contributed by atoms with Crippen molar-refractivity contribution in [3.63, 3.8) is 0 Å². The van der Waals surface area contributed by atoms with Crippen molar-refractivity contribution in [2.75, 3.05) is 44.2 Å². The fourth-order valence-electron chi connectivity index (χ4n) is 3.39. The second-order valence-corrected chi connectivity index (χ2v) is 7.31. The highest BCUT2D eigenvalue weighted by atomic mass is 32.1. The summed E-state index contributed by atoms with van der Waals surface area (Å²) in [5.41, 5.74) is 0.547.